The van der Waals surface area contributed by atoms with Crippen LogP contribution in [0.1, 0.15) is 31.9 Å². The van der Waals surface area contributed by atoms with Crippen molar-refractivity contribution in [2.75, 3.05) is 5.75 Å². The Labute approximate surface area is 147 Å². The average Bonchev–Trinajstić information content (AvgIpc) is 2.59. The lowest BCUT2D eigenvalue weighted by molar-refractivity contribution is 0.705. The zero-order valence-electron chi connectivity index (χ0n) is 14.1. The van der Waals surface area contributed by atoms with Crippen LogP contribution in [0.3, 0.4) is 0 Å². The van der Waals surface area contributed by atoms with Crippen molar-refractivity contribution in [1.82, 2.24) is 5.32 Å². The maximum absolute atomic E-state index is 4.60. The molecule has 1 N–H and O–H groups in total. The van der Waals surface area contributed by atoms with Crippen LogP contribution in [0.25, 0.3) is 0 Å². The normalized spacial score (nSPS) is 11.8. The molecule has 122 valence electrons. The molecule has 0 saturated heterocycles. The molecule has 0 aromatic heterocycles. The zero-order valence-corrected chi connectivity index (χ0v) is 15.0. The van der Waals surface area contributed by atoms with E-state index in [1.807, 2.05) is 25.1 Å². The summed E-state index contributed by atoms with van der Waals surface area (Å²) in [5, 5.41) is 3.51. The van der Waals surface area contributed by atoms with Gasteiger partial charge in [-0.1, -0.05) is 61.7 Å². The van der Waals surface area contributed by atoms with Crippen LogP contribution in [0.2, 0.25) is 0 Å². The summed E-state index contributed by atoms with van der Waals surface area (Å²) in [5.41, 5.74) is 3.21. The first-order valence-electron chi connectivity index (χ1n) is 7.58. The quantitative estimate of drug-likeness (QED) is 0.366. The maximum Gasteiger partial charge on any atom is 0.0761 e. The van der Waals surface area contributed by atoms with E-state index < -0.39 is 0 Å². The predicted molar refractivity (Wildman–Crippen MR) is 108 cm³/mol. The fourth-order valence-corrected chi connectivity index (χ4v) is 1.98. The Hall–Kier alpha value is -2.11. The van der Waals surface area contributed by atoms with Gasteiger partial charge in [0.1, 0.15) is 0 Å². The number of allylic oxidation sites excluding steroid dienone is 3. The number of terminal acetylenes is 1. The minimum Gasteiger partial charge on any atom is -0.374 e. The molecule has 0 radical (unpaired) electrons. The minimum absolute atomic E-state index is 0.0422. The van der Waals surface area contributed by atoms with Crippen LogP contribution < -0.4 is 5.32 Å². The molecular formula is C21H27NS. The molecule has 0 saturated carbocycles. The molecule has 1 atom stereocenters. The van der Waals surface area contributed by atoms with Gasteiger partial charge in [-0.3, -0.25) is 0 Å². The minimum atomic E-state index is 0.0422. The van der Waals surface area contributed by atoms with Crippen LogP contribution in [0, 0.1) is 12.3 Å². The Kier molecular flexibility index (Phi) is 12.3. The van der Waals surface area contributed by atoms with E-state index >= 15 is 0 Å². The molecule has 0 aliphatic heterocycles. The third-order valence-corrected chi connectivity index (χ3v) is 3.24. The van der Waals surface area contributed by atoms with Gasteiger partial charge in [-0.15, -0.1) is 12.3 Å². The van der Waals surface area contributed by atoms with Gasteiger partial charge < -0.3 is 5.32 Å². The number of hydrogen-bond acceptors (Lipinski definition) is 2. The number of rotatable bonds is 8. The molecule has 1 nitrogen and oxygen atoms in total. The molecule has 0 amide bonds. The van der Waals surface area contributed by atoms with Crippen LogP contribution in [0.5, 0.6) is 0 Å². The van der Waals surface area contributed by atoms with Gasteiger partial charge in [0.25, 0.3) is 0 Å². The Morgan fingerprint density at radius 2 is 2.00 bits per heavy atom. The van der Waals surface area contributed by atoms with Crippen molar-refractivity contribution in [1.29, 1.82) is 0 Å². The third kappa shape index (κ3) is 8.80. The first kappa shape index (κ1) is 20.9. The Bertz CT molecular complexity index is 561. The SMILES string of the molecule is C#CC.C=CC(=C)C(N/C(C=CCCS)=C/C)c1ccccc1. The van der Waals surface area contributed by atoms with Gasteiger partial charge in [0.05, 0.1) is 6.04 Å². The fourth-order valence-electron chi connectivity index (χ4n) is 1.83. The summed E-state index contributed by atoms with van der Waals surface area (Å²) < 4.78 is 0. The van der Waals surface area contributed by atoms with Gasteiger partial charge in [-0.05, 0) is 43.2 Å². The predicted octanol–water partition coefficient (Wildman–Crippen LogP) is 5.48. The molecule has 1 aromatic carbocycles. The smallest absolute Gasteiger partial charge is 0.0761 e. The lowest BCUT2D eigenvalue weighted by Gasteiger charge is -2.21. The Balaban J connectivity index is 0.00000149. The highest BCUT2D eigenvalue weighted by atomic mass is 32.1. The first-order valence-corrected chi connectivity index (χ1v) is 8.21. The average molecular weight is 326 g/mol. The van der Waals surface area contributed by atoms with E-state index in [0.717, 1.165) is 23.4 Å². The number of hydrogen-bond donors (Lipinski definition) is 2. The van der Waals surface area contributed by atoms with Gasteiger partial charge in [0.2, 0.25) is 0 Å². The lowest BCUT2D eigenvalue weighted by atomic mass is 9.99. The van der Waals surface area contributed by atoms with Gasteiger partial charge >= 0.3 is 0 Å². The molecular weight excluding hydrogens is 298 g/mol. The lowest BCUT2D eigenvalue weighted by Crippen LogP contribution is -2.21. The standard InChI is InChI=1S/C18H23NS.C3H4/c1-4-15(3)18(16-11-7-6-8-12-16)19-17(5-2)13-9-10-14-20;1-3-2/h4-9,11-13,18-20H,1,3,10,14H2,2H3;1H,2H3/b13-9?,17-5+;. The van der Waals surface area contributed by atoms with Crippen molar-refractivity contribution in [2.24, 2.45) is 0 Å². The summed E-state index contributed by atoms with van der Waals surface area (Å²) in [6, 6.07) is 10.3. The zero-order chi connectivity index (χ0) is 17.5. The van der Waals surface area contributed by atoms with Gasteiger partial charge in [-0.25, -0.2) is 0 Å². The van der Waals surface area contributed by atoms with E-state index in [2.05, 4.69) is 73.8 Å². The van der Waals surface area contributed by atoms with Crippen LogP contribution >= 0.6 is 12.6 Å². The molecule has 0 fully saturated rings. The van der Waals surface area contributed by atoms with Crippen molar-refractivity contribution in [3.05, 3.63) is 84.6 Å². The molecule has 0 aliphatic carbocycles. The highest BCUT2D eigenvalue weighted by Crippen LogP contribution is 2.22. The second-order valence-electron chi connectivity index (χ2n) is 4.71. The van der Waals surface area contributed by atoms with Crippen molar-refractivity contribution < 1.29 is 0 Å². The van der Waals surface area contributed by atoms with Crippen molar-refractivity contribution in [3.8, 4) is 12.3 Å². The molecule has 0 bridgehead atoms. The van der Waals surface area contributed by atoms with E-state index in [1.54, 1.807) is 13.0 Å². The second-order valence-corrected chi connectivity index (χ2v) is 5.16. The molecule has 0 aliphatic rings. The van der Waals surface area contributed by atoms with Gasteiger partial charge in [-0.2, -0.15) is 12.6 Å². The topological polar surface area (TPSA) is 12.0 Å². The van der Waals surface area contributed by atoms with Crippen molar-refractivity contribution in [2.45, 2.75) is 26.3 Å². The summed E-state index contributed by atoms with van der Waals surface area (Å²) >= 11 is 4.21. The largest absolute Gasteiger partial charge is 0.374 e. The summed E-state index contributed by atoms with van der Waals surface area (Å²) in [6.45, 7) is 11.6. The third-order valence-electron chi connectivity index (χ3n) is 2.98. The van der Waals surface area contributed by atoms with E-state index in [0.29, 0.717) is 0 Å². The maximum atomic E-state index is 4.60. The molecule has 23 heavy (non-hydrogen) atoms. The second kappa shape index (κ2) is 13.5. The number of benzene rings is 1. The van der Waals surface area contributed by atoms with Gasteiger partial charge in [0.15, 0.2) is 0 Å². The van der Waals surface area contributed by atoms with Crippen LogP contribution in [-0.4, -0.2) is 5.75 Å². The number of thiol groups is 1. The van der Waals surface area contributed by atoms with E-state index in [-0.39, 0.29) is 6.04 Å². The van der Waals surface area contributed by atoms with E-state index in [9.17, 15) is 0 Å². The van der Waals surface area contributed by atoms with Crippen LogP contribution in [-0.2, 0) is 0 Å². The van der Waals surface area contributed by atoms with E-state index in [4.69, 9.17) is 0 Å². The summed E-state index contributed by atoms with van der Waals surface area (Å²) in [4.78, 5) is 0. The number of nitrogens with one attached hydrogen (secondary N) is 1. The first-order chi connectivity index (χ1) is 11.1. The highest BCUT2D eigenvalue weighted by Gasteiger charge is 2.12. The Morgan fingerprint density at radius 3 is 2.48 bits per heavy atom. The fraction of sp³-hybridized carbons (Fsp3) is 0.238. The Morgan fingerprint density at radius 1 is 1.39 bits per heavy atom. The monoisotopic (exact) mass is 325 g/mol. The molecule has 2 heteroatoms. The summed E-state index contributed by atoms with van der Waals surface area (Å²) in [7, 11) is 0. The summed E-state index contributed by atoms with van der Waals surface area (Å²) in [6.07, 6.45) is 13.6. The molecule has 1 aromatic rings. The van der Waals surface area contributed by atoms with Crippen LogP contribution in [0.15, 0.2) is 79.1 Å². The molecule has 0 spiro atoms. The van der Waals surface area contributed by atoms with Crippen LogP contribution in [0.4, 0.5) is 0 Å². The molecule has 1 unspecified atom stereocenters. The van der Waals surface area contributed by atoms with Crippen molar-refractivity contribution in [3.63, 3.8) is 0 Å². The molecule has 0 heterocycles. The molecule has 1 rings (SSSR count). The van der Waals surface area contributed by atoms with E-state index in [1.165, 1.54) is 5.56 Å². The highest BCUT2D eigenvalue weighted by molar-refractivity contribution is 7.80. The van der Waals surface area contributed by atoms with Gasteiger partial charge in [0, 0.05) is 5.70 Å². The van der Waals surface area contributed by atoms with Crippen molar-refractivity contribution >= 4 is 12.6 Å². The summed E-state index contributed by atoms with van der Waals surface area (Å²) in [5.74, 6) is 3.11.